The van der Waals surface area contributed by atoms with Crippen LogP contribution < -0.4 is 0 Å². The van der Waals surface area contributed by atoms with Gasteiger partial charge in [0.05, 0.1) is 0 Å². The van der Waals surface area contributed by atoms with E-state index in [4.69, 9.17) is 49.7 Å². The van der Waals surface area contributed by atoms with Crippen molar-refractivity contribution >= 4 is 58.3 Å². The molecule has 2 rings (SSSR count). The maximum atomic E-state index is 4.89. The van der Waals surface area contributed by atoms with E-state index in [1.807, 2.05) is 0 Å². The molecule has 0 aromatic carbocycles. The van der Waals surface area contributed by atoms with E-state index in [9.17, 15) is 0 Å². The molecule has 0 aliphatic carbocycles. The summed E-state index contributed by atoms with van der Waals surface area (Å²) in [5.41, 5.74) is 0. The maximum absolute atomic E-state index is 4.89. The molecule has 0 radical (unpaired) electrons. The van der Waals surface area contributed by atoms with Crippen LogP contribution in [-0.2, 0) is 44.7 Å². The van der Waals surface area contributed by atoms with E-state index in [1.165, 1.54) is 25.7 Å². The van der Waals surface area contributed by atoms with Crippen molar-refractivity contribution < 1.29 is 19.5 Å². The Balaban J connectivity index is 0.000000364. The van der Waals surface area contributed by atoms with Gasteiger partial charge in [-0.25, -0.2) is 0 Å². The quantitative estimate of drug-likeness (QED) is 0.339. The van der Waals surface area contributed by atoms with Crippen LogP contribution in [0.3, 0.4) is 0 Å². The summed E-state index contributed by atoms with van der Waals surface area (Å²) in [5.74, 6) is 1.72. The minimum absolute atomic E-state index is 0. The van der Waals surface area contributed by atoms with Gasteiger partial charge in [-0.3, -0.25) is 0 Å². The molecule has 7 heteroatoms. The van der Waals surface area contributed by atoms with Gasteiger partial charge in [-0.05, 0) is 37.5 Å². The summed E-state index contributed by atoms with van der Waals surface area (Å²) in [6.45, 7) is 8.85. The van der Waals surface area contributed by atoms with Gasteiger partial charge in [-0.1, -0.05) is 22.5 Å². The summed E-state index contributed by atoms with van der Waals surface area (Å²) in [6, 6.07) is 0. The Hall–Kier alpha value is 0.843. The van der Waals surface area contributed by atoms with Crippen LogP contribution in [0, 0.1) is 11.8 Å². The molecule has 0 unspecified atom stereocenters. The average molecular weight is 414 g/mol. The van der Waals surface area contributed by atoms with E-state index in [2.05, 4.69) is 23.6 Å². The van der Waals surface area contributed by atoms with Crippen LogP contribution in [0.5, 0.6) is 0 Å². The summed E-state index contributed by atoms with van der Waals surface area (Å²) in [7, 11) is 0. The van der Waals surface area contributed by atoms with Crippen molar-refractivity contribution in [2.45, 2.75) is 39.5 Å². The van der Waals surface area contributed by atoms with Gasteiger partial charge >= 0.3 is 0 Å². The zero-order valence-electron chi connectivity index (χ0n) is 13.0. The number of hydrogen-bond acceptors (Lipinski definition) is 4. The minimum atomic E-state index is 0. The van der Waals surface area contributed by atoms with Gasteiger partial charge in [0.15, 0.2) is 0 Å². The predicted molar refractivity (Wildman–Crippen MR) is 99.9 cm³/mol. The van der Waals surface area contributed by atoms with Crippen molar-refractivity contribution in [1.29, 1.82) is 0 Å². The average Bonchev–Trinajstić information content (AvgIpc) is 2.40. The van der Waals surface area contributed by atoms with E-state index in [1.54, 1.807) is 0 Å². The van der Waals surface area contributed by atoms with Crippen LogP contribution >= 0.6 is 24.4 Å². The zero-order chi connectivity index (χ0) is 15.1. The molecule has 2 heterocycles. The molecular formula is C14H24N2S4Zn-2. The van der Waals surface area contributed by atoms with E-state index >= 15 is 0 Å². The summed E-state index contributed by atoms with van der Waals surface area (Å²) < 4.78 is 1.29. The molecule has 0 N–H and O–H groups in total. The molecule has 21 heavy (non-hydrogen) atoms. The summed E-state index contributed by atoms with van der Waals surface area (Å²) in [4.78, 5) is 4.23. The standard InChI is InChI=1S/2C7H13NS2.Zn/c2*1-6-2-4-8(5-3-6)7(9)10;/h2*6H,2-5H2,1H3,(H,9,10);/p-2. The second kappa shape index (κ2) is 11.4. The normalized spacial score (nSPS) is 20.1. The maximum Gasteiger partial charge on any atom is 0.0165 e. The smallest absolute Gasteiger partial charge is 0.0165 e. The van der Waals surface area contributed by atoms with Gasteiger partial charge in [0.1, 0.15) is 0 Å². The van der Waals surface area contributed by atoms with Crippen LogP contribution in [0.2, 0.25) is 0 Å². The van der Waals surface area contributed by atoms with Gasteiger partial charge in [-0.15, -0.1) is 0 Å². The molecule has 2 aliphatic heterocycles. The number of piperidine rings is 2. The number of nitrogens with zero attached hydrogens (tertiary/aromatic N) is 2. The van der Waals surface area contributed by atoms with Crippen molar-refractivity contribution in [3.05, 3.63) is 0 Å². The molecule has 0 bridgehead atoms. The van der Waals surface area contributed by atoms with Crippen LogP contribution in [0.15, 0.2) is 0 Å². The van der Waals surface area contributed by atoms with E-state index in [0.29, 0.717) is 8.64 Å². The fourth-order valence-corrected chi connectivity index (χ4v) is 3.11. The van der Waals surface area contributed by atoms with E-state index < -0.39 is 0 Å². The van der Waals surface area contributed by atoms with Gasteiger partial charge in [0.25, 0.3) is 0 Å². The van der Waals surface area contributed by atoms with Gasteiger partial charge in [0.2, 0.25) is 0 Å². The van der Waals surface area contributed by atoms with Crippen molar-refractivity contribution in [2.75, 3.05) is 26.2 Å². The molecule has 0 atom stereocenters. The molecule has 2 fully saturated rings. The molecule has 2 nitrogen and oxygen atoms in total. The van der Waals surface area contributed by atoms with Crippen LogP contribution in [0.4, 0.5) is 0 Å². The zero-order valence-corrected chi connectivity index (χ0v) is 19.3. The second-order valence-corrected chi connectivity index (χ2v) is 7.93. The van der Waals surface area contributed by atoms with Crippen molar-refractivity contribution in [3.8, 4) is 0 Å². The summed E-state index contributed by atoms with van der Waals surface area (Å²) in [5, 5.41) is 0. The molecule has 2 saturated heterocycles. The molecule has 0 amide bonds. The first-order valence-electron chi connectivity index (χ1n) is 7.32. The predicted octanol–water partition coefficient (Wildman–Crippen LogP) is 3.10. The Morgan fingerprint density at radius 3 is 1.19 bits per heavy atom. The molecule has 0 saturated carbocycles. The Bertz CT molecular complexity index is 293. The Kier molecular flexibility index (Phi) is 11.8. The Morgan fingerprint density at radius 2 is 1.00 bits per heavy atom. The minimum Gasteiger partial charge on any atom is -0.411 e. The second-order valence-electron chi connectivity index (χ2n) is 5.87. The SMILES string of the molecule is CC1CCN(C(=S)[S-])CC1.CC1CCN(C(=S)[S-])CC1.[Zn]. The fourth-order valence-electron chi connectivity index (χ4n) is 2.38. The molecular weight excluding hydrogens is 390 g/mol. The first-order valence-corrected chi connectivity index (χ1v) is 8.95. The van der Waals surface area contributed by atoms with Crippen LogP contribution in [0.25, 0.3) is 0 Å². The molecule has 118 valence electrons. The Labute approximate surface area is 164 Å². The van der Waals surface area contributed by atoms with Crippen molar-refractivity contribution in [1.82, 2.24) is 9.80 Å². The van der Waals surface area contributed by atoms with Gasteiger partial charge in [0, 0.05) is 45.7 Å². The summed E-state index contributed by atoms with van der Waals surface area (Å²) >= 11 is 19.6. The Morgan fingerprint density at radius 1 is 0.762 bits per heavy atom. The fraction of sp³-hybridized carbons (Fsp3) is 0.857. The number of thiocarbonyl (C=S) groups is 2. The summed E-state index contributed by atoms with van der Waals surface area (Å²) in [6.07, 6.45) is 4.99. The molecule has 0 aromatic rings. The first kappa shape index (κ1) is 21.8. The molecule has 0 spiro atoms. The monoisotopic (exact) mass is 412 g/mol. The van der Waals surface area contributed by atoms with E-state index in [0.717, 1.165) is 38.0 Å². The number of likely N-dealkylation sites (tertiary alicyclic amines) is 2. The van der Waals surface area contributed by atoms with Crippen molar-refractivity contribution in [3.63, 3.8) is 0 Å². The largest absolute Gasteiger partial charge is 0.411 e. The molecule has 2 aliphatic rings. The molecule has 0 aromatic heterocycles. The third-order valence-electron chi connectivity index (χ3n) is 4.08. The van der Waals surface area contributed by atoms with Crippen molar-refractivity contribution in [2.24, 2.45) is 11.8 Å². The topological polar surface area (TPSA) is 6.48 Å². The third-order valence-corrected chi connectivity index (χ3v) is 5.12. The van der Waals surface area contributed by atoms with Gasteiger partial charge in [-0.2, -0.15) is 0 Å². The van der Waals surface area contributed by atoms with E-state index in [-0.39, 0.29) is 19.5 Å². The van der Waals surface area contributed by atoms with Crippen LogP contribution in [0.1, 0.15) is 39.5 Å². The van der Waals surface area contributed by atoms with Gasteiger partial charge < -0.3 is 59.5 Å². The number of hydrogen-bond donors (Lipinski definition) is 0. The third kappa shape index (κ3) is 8.90. The number of rotatable bonds is 0. The first-order chi connectivity index (χ1) is 9.40. The van der Waals surface area contributed by atoms with Crippen LogP contribution in [-0.4, -0.2) is 44.6 Å².